The average molecular weight is 254 g/mol. The van der Waals surface area contributed by atoms with Crippen LogP contribution in [0.25, 0.3) is 11.1 Å². The van der Waals surface area contributed by atoms with Crippen molar-refractivity contribution in [1.82, 2.24) is 0 Å². The maximum absolute atomic E-state index is 9.21. The summed E-state index contributed by atoms with van der Waals surface area (Å²) in [5, 5.41) is 9.21. The van der Waals surface area contributed by atoms with Crippen LogP contribution >= 0.6 is 0 Å². The van der Waals surface area contributed by atoms with Gasteiger partial charge in [-0.25, -0.2) is 0 Å². The molecule has 0 spiro atoms. The molecule has 1 nitrogen and oxygen atoms in total. The molecule has 1 N–H and O–H groups in total. The predicted octanol–water partition coefficient (Wildman–Crippen LogP) is 4.45. The number of rotatable bonds is 2. The molecule has 0 unspecified atom stereocenters. The van der Waals surface area contributed by atoms with Crippen molar-refractivity contribution in [3.8, 4) is 11.1 Å². The summed E-state index contributed by atoms with van der Waals surface area (Å²) in [5.41, 5.74) is 6.10. The van der Waals surface area contributed by atoms with E-state index < -0.39 is 0 Å². The van der Waals surface area contributed by atoms with Crippen molar-refractivity contribution in [1.29, 1.82) is 0 Å². The summed E-state index contributed by atoms with van der Waals surface area (Å²) >= 11 is 0. The van der Waals surface area contributed by atoms with Crippen LogP contribution in [-0.2, 0) is 12.0 Å². The maximum atomic E-state index is 9.21. The maximum Gasteiger partial charge on any atom is 0.0684 e. The molecule has 0 aliphatic heterocycles. The normalized spacial score (nSPS) is 11.6. The third-order valence-corrected chi connectivity index (χ3v) is 3.60. The van der Waals surface area contributed by atoms with Crippen LogP contribution in [0.2, 0.25) is 0 Å². The highest BCUT2D eigenvalue weighted by atomic mass is 16.3. The van der Waals surface area contributed by atoms with Crippen LogP contribution in [0.4, 0.5) is 0 Å². The largest absolute Gasteiger partial charge is 0.392 e. The minimum atomic E-state index is 0.106. The molecule has 0 atom stereocenters. The lowest BCUT2D eigenvalue weighted by Crippen LogP contribution is -2.10. The van der Waals surface area contributed by atoms with Crippen LogP contribution in [0, 0.1) is 6.92 Å². The van der Waals surface area contributed by atoms with Crippen LogP contribution in [0.3, 0.4) is 0 Å². The monoisotopic (exact) mass is 254 g/mol. The van der Waals surface area contributed by atoms with Gasteiger partial charge in [-0.05, 0) is 40.2 Å². The molecule has 2 rings (SSSR count). The lowest BCUT2D eigenvalue weighted by atomic mass is 9.86. The van der Waals surface area contributed by atoms with Gasteiger partial charge in [-0.2, -0.15) is 0 Å². The molecule has 0 saturated carbocycles. The molecular formula is C18H22O. The number of aliphatic hydroxyl groups is 1. The van der Waals surface area contributed by atoms with Gasteiger partial charge in [0.05, 0.1) is 6.61 Å². The minimum Gasteiger partial charge on any atom is -0.392 e. The van der Waals surface area contributed by atoms with E-state index in [2.05, 4.69) is 57.2 Å². The lowest BCUT2D eigenvalue weighted by molar-refractivity contribution is 0.281. The molecule has 0 fully saturated rings. The summed E-state index contributed by atoms with van der Waals surface area (Å²) in [6.07, 6.45) is 0. The molecule has 0 amide bonds. The first-order valence-electron chi connectivity index (χ1n) is 6.73. The highest BCUT2D eigenvalue weighted by Crippen LogP contribution is 2.27. The zero-order valence-electron chi connectivity index (χ0n) is 12.2. The third-order valence-electron chi connectivity index (χ3n) is 3.60. The van der Waals surface area contributed by atoms with Gasteiger partial charge < -0.3 is 5.11 Å². The predicted molar refractivity (Wildman–Crippen MR) is 81.2 cm³/mol. The van der Waals surface area contributed by atoms with E-state index in [4.69, 9.17) is 0 Å². The number of aryl methyl sites for hydroxylation is 1. The molecule has 0 radical (unpaired) electrons. The Bertz CT molecular complexity index is 559. The molecule has 100 valence electrons. The molecule has 1 heteroatoms. The molecule has 0 saturated heterocycles. The second-order valence-corrected chi connectivity index (χ2v) is 6.13. The van der Waals surface area contributed by atoms with Gasteiger partial charge in [-0.15, -0.1) is 0 Å². The van der Waals surface area contributed by atoms with Crippen molar-refractivity contribution in [3.63, 3.8) is 0 Å². The molecule has 2 aromatic carbocycles. The Morgan fingerprint density at radius 1 is 0.895 bits per heavy atom. The van der Waals surface area contributed by atoms with Crippen LogP contribution in [0.1, 0.15) is 37.5 Å². The fraction of sp³-hybridized carbons (Fsp3) is 0.333. The van der Waals surface area contributed by atoms with Crippen molar-refractivity contribution in [2.45, 2.75) is 39.7 Å². The zero-order chi connectivity index (χ0) is 14.0. The van der Waals surface area contributed by atoms with E-state index in [1.54, 1.807) is 0 Å². The van der Waals surface area contributed by atoms with Crippen LogP contribution in [0.15, 0.2) is 42.5 Å². The summed E-state index contributed by atoms with van der Waals surface area (Å²) in [5.74, 6) is 0. The number of hydrogen-bond acceptors (Lipinski definition) is 1. The van der Waals surface area contributed by atoms with E-state index in [0.29, 0.717) is 0 Å². The second kappa shape index (κ2) is 5.18. The molecule has 0 aliphatic rings. The Hall–Kier alpha value is -1.60. The van der Waals surface area contributed by atoms with Crippen molar-refractivity contribution >= 4 is 0 Å². The van der Waals surface area contributed by atoms with Crippen molar-refractivity contribution in [2.75, 3.05) is 0 Å². The zero-order valence-corrected chi connectivity index (χ0v) is 12.2. The van der Waals surface area contributed by atoms with Gasteiger partial charge in [-0.1, -0.05) is 63.2 Å². The average Bonchev–Trinajstić information content (AvgIpc) is 2.38. The van der Waals surface area contributed by atoms with Gasteiger partial charge in [0.2, 0.25) is 0 Å². The summed E-state index contributed by atoms with van der Waals surface area (Å²) in [7, 11) is 0. The quantitative estimate of drug-likeness (QED) is 0.839. The van der Waals surface area contributed by atoms with E-state index in [-0.39, 0.29) is 12.0 Å². The first-order chi connectivity index (χ1) is 8.91. The van der Waals surface area contributed by atoms with E-state index in [0.717, 1.165) is 11.1 Å². The molecule has 0 heterocycles. The fourth-order valence-electron chi connectivity index (χ4n) is 2.22. The Balaban J connectivity index is 2.35. The molecule has 0 aliphatic carbocycles. The molecule has 0 aromatic heterocycles. The number of aliphatic hydroxyl groups excluding tert-OH is 1. The molecule has 19 heavy (non-hydrogen) atoms. The summed E-state index contributed by atoms with van der Waals surface area (Å²) in [6, 6.07) is 15.0. The Morgan fingerprint density at radius 2 is 1.47 bits per heavy atom. The van der Waals surface area contributed by atoms with E-state index >= 15 is 0 Å². The Morgan fingerprint density at radius 3 is 1.95 bits per heavy atom. The van der Waals surface area contributed by atoms with Gasteiger partial charge in [0, 0.05) is 0 Å². The van der Waals surface area contributed by atoms with Crippen molar-refractivity contribution in [3.05, 3.63) is 59.2 Å². The Labute approximate surface area is 115 Å². The minimum absolute atomic E-state index is 0.106. The standard InChI is InChI=1S/C18H22O/c1-13-11-15(5-6-16(13)12-19)14-7-9-17(10-8-14)18(2,3)4/h5-11,19H,12H2,1-4H3. The van der Waals surface area contributed by atoms with Gasteiger partial charge in [0.15, 0.2) is 0 Å². The Kier molecular flexibility index (Phi) is 3.77. The summed E-state index contributed by atoms with van der Waals surface area (Å²) in [6.45, 7) is 8.82. The van der Waals surface area contributed by atoms with E-state index in [1.165, 1.54) is 16.7 Å². The molecule has 2 aromatic rings. The summed E-state index contributed by atoms with van der Waals surface area (Å²) < 4.78 is 0. The van der Waals surface area contributed by atoms with Crippen LogP contribution in [0.5, 0.6) is 0 Å². The van der Waals surface area contributed by atoms with E-state index in [9.17, 15) is 5.11 Å². The van der Waals surface area contributed by atoms with Crippen LogP contribution < -0.4 is 0 Å². The van der Waals surface area contributed by atoms with Crippen molar-refractivity contribution in [2.24, 2.45) is 0 Å². The SMILES string of the molecule is Cc1cc(-c2ccc(C(C)(C)C)cc2)ccc1CO. The lowest BCUT2D eigenvalue weighted by Gasteiger charge is -2.19. The first-order valence-corrected chi connectivity index (χ1v) is 6.73. The van der Waals surface area contributed by atoms with Gasteiger partial charge in [0.1, 0.15) is 0 Å². The third kappa shape index (κ3) is 3.05. The highest BCUT2D eigenvalue weighted by molar-refractivity contribution is 5.65. The first kappa shape index (κ1) is 13.8. The fourth-order valence-corrected chi connectivity index (χ4v) is 2.22. The smallest absolute Gasteiger partial charge is 0.0684 e. The second-order valence-electron chi connectivity index (χ2n) is 6.13. The van der Waals surface area contributed by atoms with E-state index in [1.807, 2.05) is 13.0 Å². The number of hydrogen-bond donors (Lipinski definition) is 1. The molecule has 0 bridgehead atoms. The van der Waals surface area contributed by atoms with Gasteiger partial charge >= 0.3 is 0 Å². The van der Waals surface area contributed by atoms with Crippen molar-refractivity contribution < 1.29 is 5.11 Å². The van der Waals surface area contributed by atoms with Gasteiger partial charge in [-0.3, -0.25) is 0 Å². The molecular weight excluding hydrogens is 232 g/mol. The van der Waals surface area contributed by atoms with Gasteiger partial charge in [0.25, 0.3) is 0 Å². The van der Waals surface area contributed by atoms with Crippen LogP contribution in [-0.4, -0.2) is 5.11 Å². The highest BCUT2D eigenvalue weighted by Gasteiger charge is 2.13. The summed E-state index contributed by atoms with van der Waals surface area (Å²) in [4.78, 5) is 0. The topological polar surface area (TPSA) is 20.2 Å². The number of benzene rings is 2.